The Labute approximate surface area is 572 Å². The van der Waals surface area contributed by atoms with Crippen LogP contribution in [0, 0.1) is 136 Å². The molecule has 11 aliphatic carbocycles. The molecule has 0 amide bonds. The summed E-state index contributed by atoms with van der Waals surface area (Å²) in [5.41, 5.74) is 0. The molecule has 0 aromatic heterocycles. The topological polar surface area (TPSA) is 274 Å². The second-order valence-electron chi connectivity index (χ2n) is 29.4. The minimum absolute atomic E-state index is 0.00259. The number of carboxylic acids is 1. The van der Waals surface area contributed by atoms with E-state index in [0.717, 1.165) is 56.5 Å². The molecular weight excluding hydrogens is 1260 g/mol. The summed E-state index contributed by atoms with van der Waals surface area (Å²) in [6.45, 7) is 34.4. The molecule has 0 aromatic carbocycles. The normalized spacial score (nSPS) is 40.1. The van der Waals surface area contributed by atoms with Crippen LogP contribution in [-0.4, -0.2) is 71.4 Å². The first kappa shape index (κ1) is 70.9. The van der Waals surface area contributed by atoms with Crippen molar-refractivity contribution in [1.29, 1.82) is 0 Å². The molecule has 15 fully saturated rings. The number of carboxylic acid groups (broad SMARTS) is 1. The van der Waals surface area contributed by atoms with Crippen molar-refractivity contribution in [3.8, 4) is 0 Å². The summed E-state index contributed by atoms with van der Waals surface area (Å²) in [5.74, 6) is 11.6. The highest BCUT2D eigenvalue weighted by Gasteiger charge is 2.62. The predicted octanol–water partition coefficient (Wildman–Crippen LogP) is 12.7. The number of carbonyl (C=O) groups is 10. The number of esters is 8. The van der Waals surface area contributed by atoms with Gasteiger partial charge >= 0.3 is 53.7 Å². The highest BCUT2D eigenvalue weighted by Crippen LogP contribution is 2.62. The number of allylic oxidation sites excluding steroid dienone is 14. The molecule has 0 aromatic rings. The molecule has 24 atom stereocenters. The number of aliphatic carboxylic acids is 1. The van der Waals surface area contributed by atoms with Crippen LogP contribution in [0.25, 0.3) is 0 Å². The van der Waals surface area contributed by atoms with Crippen molar-refractivity contribution in [2.75, 3.05) is 0 Å². The fraction of sp³-hybridized carbons (Fsp3) is 0.564. The summed E-state index contributed by atoms with van der Waals surface area (Å²) in [6, 6.07) is 0. The van der Waals surface area contributed by atoms with Gasteiger partial charge in [-0.2, -0.15) is 0 Å². The molecule has 0 radical (unpaired) electrons. The van der Waals surface area contributed by atoms with Crippen molar-refractivity contribution in [1.82, 2.24) is 0 Å². The summed E-state index contributed by atoms with van der Waals surface area (Å²) in [6.07, 6.45) is 33.3. The number of cyclic esters (lactones) is 8. The average molecular weight is 1350 g/mol. The van der Waals surface area contributed by atoms with Gasteiger partial charge in [-0.05, 0) is 149 Å². The second kappa shape index (κ2) is 30.0. The van der Waals surface area contributed by atoms with Crippen LogP contribution in [-0.2, 0) is 90.6 Å². The van der Waals surface area contributed by atoms with Gasteiger partial charge in [0.05, 0.1) is 47.8 Å². The number of fused-ring (bicyclic) bond motifs is 22. The molecule has 19 aliphatic rings. The summed E-state index contributed by atoms with van der Waals surface area (Å²) in [7, 11) is 0. The molecule has 7 saturated heterocycles. The van der Waals surface area contributed by atoms with Crippen LogP contribution in [0.5, 0.6) is 0 Å². The molecule has 19 rings (SSSR count). The Balaban J connectivity index is 0.000000112. The lowest BCUT2D eigenvalue weighted by Gasteiger charge is -2.26. The first-order chi connectivity index (χ1) is 46.8. The van der Waals surface area contributed by atoms with E-state index in [1.165, 1.54) is 57.1 Å². The van der Waals surface area contributed by atoms with Gasteiger partial charge in [-0.25, -0.2) is 4.79 Å². The summed E-state index contributed by atoms with van der Waals surface area (Å²) in [4.78, 5) is 109. The van der Waals surface area contributed by atoms with E-state index in [0.29, 0.717) is 150 Å². The van der Waals surface area contributed by atoms with Gasteiger partial charge in [0.2, 0.25) is 0 Å². The molecule has 8 bridgehead atoms. The van der Waals surface area contributed by atoms with Gasteiger partial charge in [-0.15, -0.1) is 0 Å². The predicted molar refractivity (Wildman–Crippen MR) is 352 cm³/mol. The van der Waals surface area contributed by atoms with E-state index in [2.05, 4.69) is 106 Å². The van der Waals surface area contributed by atoms with Crippen LogP contribution < -0.4 is 0 Å². The average Bonchev–Trinajstić information content (AvgIpc) is 1.44. The van der Waals surface area contributed by atoms with Crippen molar-refractivity contribution in [3.63, 3.8) is 0 Å². The van der Waals surface area contributed by atoms with Crippen molar-refractivity contribution < 1.29 is 95.7 Å². The molecule has 524 valence electrons. The SMILES string of the molecule is C=C1C=CC(=O)O1.C=C1CCC(=O)O1.C=C1OC(=O)C2C3C=CC(C3)C12.C=C1OC(=O)C2C3C=CC(C3C)C12.C=C1OC(=O)C2C3CCC(C3)C12.C=C1OC(=O)C2C3CCC(C3C)C12.C=C1OC(=O)C2CC=CCC12.C=C1OC(=O)C2CCCCC12.O=COC1CCCCC1C(=O)O. The quantitative estimate of drug-likeness (QED) is 0.119. The highest BCUT2D eigenvalue weighted by atomic mass is 16.6. The molecule has 1 N–H and O–H groups in total. The van der Waals surface area contributed by atoms with E-state index in [4.69, 9.17) is 38.3 Å². The maximum atomic E-state index is 11.5. The maximum absolute atomic E-state index is 11.5. The monoisotopic (exact) mass is 1350 g/mol. The standard InChI is InChI=1S/C11H14O2.C11H12O2.C10H12O2.C10H10O2.C9H12O2.C9H10O2.C8H12O4.C5H6O2.C5H4O2/c2*1-5-7-3-4-8(5)10-9(7)6(2)13-11(10)12;2*1-5-8-6-2-3-7(4-6)9(8)10(11)12-5;2*1-6-7-4-2-3-5-8(7)9(10)11-6;9-5-12-7-4-2-1-3-6(7)8(10)11;2*1-4-2-3-5(6)7-4/h5,7-10H,2-4H2,1H3;3-5,7-10H,2H2,1H3;6-9H,1-4H2;2-3,6-9H,1,4H2;7-8H,1-5H2;2-3,7-8H,1,4-5H2;5-7H,1-4H2,(H,10,11);1-3H2;2-3H,1H2. The number of carbonyl (C=O) groups excluding carboxylic acids is 9. The van der Waals surface area contributed by atoms with E-state index in [9.17, 15) is 47.9 Å². The maximum Gasteiger partial charge on any atom is 0.336 e. The van der Waals surface area contributed by atoms with Gasteiger partial charge < -0.3 is 47.7 Å². The molecule has 0 spiro atoms. The third kappa shape index (κ3) is 14.4. The van der Waals surface area contributed by atoms with Crippen LogP contribution in [0.4, 0.5) is 0 Å². The first-order valence-corrected chi connectivity index (χ1v) is 35.1. The lowest BCUT2D eigenvalue weighted by atomic mass is 9.80. The molecule has 20 heteroatoms. The Hall–Kier alpha value is -8.42. The zero-order valence-electron chi connectivity index (χ0n) is 56.1. The molecule has 8 heterocycles. The summed E-state index contributed by atoms with van der Waals surface area (Å²) in [5, 5.41) is 8.74. The van der Waals surface area contributed by atoms with Crippen molar-refractivity contribution in [2.24, 2.45) is 136 Å². The Morgan fingerprint density at radius 1 is 0.459 bits per heavy atom. The third-order valence-electron chi connectivity index (χ3n) is 24.2. The zero-order valence-corrected chi connectivity index (χ0v) is 56.1. The highest BCUT2D eigenvalue weighted by molar-refractivity contribution is 5.86. The van der Waals surface area contributed by atoms with Crippen LogP contribution in [0.15, 0.2) is 147 Å². The van der Waals surface area contributed by atoms with Crippen LogP contribution in [0.1, 0.15) is 129 Å². The largest absolute Gasteiger partial charge is 0.481 e. The van der Waals surface area contributed by atoms with E-state index < -0.39 is 18.0 Å². The van der Waals surface area contributed by atoms with Crippen LogP contribution >= 0.6 is 0 Å². The van der Waals surface area contributed by atoms with E-state index in [-0.39, 0.29) is 95.1 Å². The minimum atomic E-state index is -0.860. The number of rotatable bonds is 3. The van der Waals surface area contributed by atoms with Gasteiger partial charge in [-0.1, -0.05) is 122 Å². The Kier molecular flexibility index (Phi) is 21.7. The molecule has 24 unspecified atom stereocenters. The van der Waals surface area contributed by atoms with Gasteiger partial charge in [-0.3, -0.25) is 43.2 Å². The second-order valence-corrected chi connectivity index (χ2v) is 29.4. The molecule has 98 heavy (non-hydrogen) atoms. The lowest BCUT2D eigenvalue weighted by molar-refractivity contribution is -0.154. The van der Waals surface area contributed by atoms with Gasteiger partial charge in [0.15, 0.2) is 0 Å². The van der Waals surface area contributed by atoms with E-state index >= 15 is 0 Å². The van der Waals surface area contributed by atoms with Crippen molar-refractivity contribution in [3.05, 3.63) is 147 Å². The molecular formula is C78H92O20. The third-order valence-corrected chi connectivity index (χ3v) is 24.2. The van der Waals surface area contributed by atoms with Gasteiger partial charge in [0.25, 0.3) is 6.47 Å². The zero-order chi connectivity index (χ0) is 70.1. The smallest absolute Gasteiger partial charge is 0.336 e. The van der Waals surface area contributed by atoms with Crippen molar-refractivity contribution >= 4 is 60.2 Å². The Bertz CT molecular complexity index is 3300. The molecule has 8 aliphatic heterocycles. The number of ether oxygens (including phenoxy) is 9. The van der Waals surface area contributed by atoms with E-state index in [1.807, 2.05) is 6.08 Å². The fourth-order valence-electron chi connectivity index (χ4n) is 19.5. The minimum Gasteiger partial charge on any atom is -0.481 e. The summed E-state index contributed by atoms with van der Waals surface area (Å²) < 4.78 is 43.9. The first-order valence-electron chi connectivity index (χ1n) is 35.1. The lowest BCUT2D eigenvalue weighted by Crippen LogP contribution is -2.33. The van der Waals surface area contributed by atoms with Gasteiger partial charge in [0, 0.05) is 48.0 Å². The summed E-state index contributed by atoms with van der Waals surface area (Å²) >= 11 is 0. The Morgan fingerprint density at radius 3 is 1.49 bits per heavy atom. The van der Waals surface area contributed by atoms with Gasteiger partial charge in [0.1, 0.15) is 52.2 Å². The molecule has 8 saturated carbocycles. The number of hydrogen-bond donors (Lipinski definition) is 1. The van der Waals surface area contributed by atoms with Crippen LogP contribution in [0.3, 0.4) is 0 Å². The van der Waals surface area contributed by atoms with Crippen molar-refractivity contribution in [2.45, 2.75) is 136 Å². The number of hydrogen-bond acceptors (Lipinski definition) is 19. The van der Waals surface area contributed by atoms with Crippen LogP contribution in [0.2, 0.25) is 0 Å². The fourth-order valence-corrected chi connectivity index (χ4v) is 19.5. The molecule has 20 nitrogen and oxygen atoms in total. The van der Waals surface area contributed by atoms with E-state index in [1.54, 1.807) is 0 Å². The Morgan fingerprint density at radius 2 is 0.969 bits per heavy atom.